The number of ether oxygens (including phenoxy) is 3. The van der Waals surface area contributed by atoms with Crippen LogP contribution in [-0.4, -0.2) is 50.2 Å². The first-order chi connectivity index (χ1) is 16.7. The Kier molecular flexibility index (Phi) is 8.22. The minimum atomic E-state index is -0.489. The van der Waals surface area contributed by atoms with Gasteiger partial charge >= 0.3 is 5.97 Å². The summed E-state index contributed by atoms with van der Waals surface area (Å²) in [5, 5.41) is 0. The molecule has 0 N–H and O–H groups in total. The number of esters is 1. The number of hydrogen-bond donors (Lipinski definition) is 0. The van der Waals surface area contributed by atoms with Crippen LogP contribution in [-0.2, 0) is 28.8 Å². The second kappa shape index (κ2) is 11.7. The quantitative estimate of drug-likeness (QED) is 0.168. The number of benzene rings is 2. The molecule has 6 heteroatoms. The van der Waals surface area contributed by atoms with E-state index in [2.05, 4.69) is 13.2 Å². The summed E-state index contributed by atoms with van der Waals surface area (Å²) in [6.45, 7) is 8.32. The molecule has 34 heavy (non-hydrogen) atoms. The summed E-state index contributed by atoms with van der Waals surface area (Å²) in [5.74, 6) is -0.447. The molecule has 6 nitrogen and oxygen atoms in total. The van der Waals surface area contributed by atoms with Gasteiger partial charge in [0.05, 0.1) is 13.2 Å². The summed E-state index contributed by atoms with van der Waals surface area (Å²) >= 11 is 0. The first-order valence-electron chi connectivity index (χ1n) is 11.2. The van der Waals surface area contributed by atoms with E-state index in [1.54, 1.807) is 18.2 Å². The smallest absolute Gasteiger partial charge is 0.331 e. The monoisotopic (exact) mass is 460 g/mol. The molecular weight excluding hydrogens is 432 g/mol. The summed E-state index contributed by atoms with van der Waals surface area (Å²) in [6.07, 6.45) is 8.91. The van der Waals surface area contributed by atoms with Crippen LogP contribution in [0.5, 0.6) is 0 Å². The van der Waals surface area contributed by atoms with Crippen LogP contribution in [0.4, 0.5) is 0 Å². The lowest BCUT2D eigenvalue weighted by atomic mass is 10.1. The van der Waals surface area contributed by atoms with Crippen LogP contribution < -0.4 is 0 Å². The maximum absolute atomic E-state index is 12.3. The van der Waals surface area contributed by atoms with Gasteiger partial charge < -0.3 is 14.2 Å². The minimum Gasteiger partial charge on any atom is -0.454 e. The highest BCUT2D eigenvalue weighted by Crippen LogP contribution is 2.30. The molecule has 2 aromatic carbocycles. The molecule has 0 radical (unpaired) electrons. The standard InChI is InChI=1S/C28H28O6/c1-3-20-7-11-22(12-8-20)6-5-17-32-34-25-19-31-27-24(18-30-28(25)27)33-26(29)16-15-23-13-9-21(4-2)10-14-23/h3-16,24-25,27-28H,1-2,17-19H2/b6-5+,16-15+. The summed E-state index contributed by atoms with van der Waals surface area (Å²) < 4.78 is 17.1. The average molecular weight is 461 g/mol. The molecule has 4 atom stereocenters. The third-order valence-electron chi connectivity index (χ3n) is 5.65. The first kappa shape index (κ1) is 23.9. The lowest BCUT2D eigenvalue weighted by Gasteiger charge is -2.16. The van der Waals surface area contributed by atoms with E-state index in [1.165, 1.54) is 6.08 Å². The zero-order chi connectivity index (χ0) is 23.8. The fourth-order valence-corrected chi connectivity index (χ4v) is 3.80. The van der Waals surface area contributed by atoms with E-state index in [-0.39, 0.29) is 31.5 Å². The van der Waals surface area contributed by atoms with Gasteiger partial charge in [-0.2, -0.15) is 0 Å². The van der Waals surface area contributed by atoms with Crippen LogP contribution >= 0.6 is 0 Å². The minimum absolute atomic E-state index is 0.253. The highest BCUT2D eigenvalue weighted by molar-refractivity contribution is 5.87. The highest BCUT2D eigenvalue weighted by Gasteiger charge is 2.50. The molecule has 2 aromatic rings. The second-order valence-corrected chi connectivity index (χ2v) is 7.97. The molecule has 2 aliphatic heterocycles. The molecule has 0 bridgehead atoms. The lowest BCUT2D eigenvalue weighted by molar-refractivity contribution is -0.326. The Balaban J connectivity index is 1.19. The van der Waals surface area contributed by atoms with Crippen molar-refractivity contribution in [2.45, 2.75) is 24.4 Å². The molecule has 2 fully saturated rings. The molecule has 0 aliphatic carbocycles. The number of hydrogen-bond acceptors (Lipinski definition) is 6. The molecule has 2 heterocycles. The fraction of sp³-hybridized carbons (Fsp3) is 0.250. The Morgan fingerprint density at radius 3 is 1.97 bits per heavy atom. The van der Waals surface area contributed by atoms with Gasteiger partial charge in [-0.15, -0.1) is 0 Å². The van der Waals surface area contributed by atoms with Crippen LogP contribution in [0.1, 0.15) is 22.3 Å². The van der Waals surface area contributed by atoms with Crippen LogP contribution in [0.25, 0.3) is 24.3 Å². The summed E-state index contributed by atoms with van der Waals surface area (Å²) in [4.78, 5) is 23.1. The molecule has 176 valence electrons. The summed E-state index contributed by atoms with van der Waals surface area (Å²) in [5.41, 5.74) is 4.05. The Labute approximate surface area is 199 Å². The van der Waals surface area contributed by atoms with Gasteiger partial charge in [0, 0.05) is 6.08 Å². The predicted molar refractivity (Wildman–Crippen MR) is 131 cm³/mol. The first-order valence-corrected chi connectivity index (χ1v) is 11.2. The van der Waals surface area contributed by atoms with E-state index in [0.717, 1.165) is 22.3 Å². The fourth-order valence-electron chi connectivity index (χ4n) is 3.80. The second-order valence-electron chi connectivity index (χ2n) is 7.97. The Bertz CT molecular complexity index is 1040. The van der Waals surface area contributed by atoms with Crippen molar-refractivity contribution in [3.8, 4) is 0 Å². The van der Waals surface area contributed by atoms with Crippen LogP contribution in [0.15, 0.2) is 73.8 Å². The van der Waals surface area contributed by atoms with Crippen LogP contribution in [0.2, 0.25) is 0 Å². The number of carbonyl (C=O) groups is 1. The summed E-state index contributed by atoms with van der Waals surface area (Å²) in [7, 11) is 0. The molecule has 0 saturated carbocycles. The zero-order valence-corrected chi connectivity index (χ0v) is 18.9. The van der Waals surface area contributed by atoms with Crippen molar-refractivity contribution in [2.75, 3.05) is 19.8 Å². The lowest BCUT2D eigenvalue weighted by Crippen LogP contribution is -2.34. The van der Waals surface area contributed by atoms with Gasteiger partial charge in [-0.05, 0) is 28.3 Å². The Hall–Kier alpha value is -3.29. The van der Waals surface area contributed by atoms with Crippen molar-refractivity contribution in [3.05, 3.63) is 96.1 Å². The van der Waals surface area contributed by atoms with E-state index in [9.17, 15) is 4.79 Å². The largest absolute Gasteiger partial charge is 0.454 e. The van der Waals surface area contributed by atoms with Crippen LogP contribution in [0, 0.1) is 0 Å². The SMILES string of the molecule is C=Cc1ccc(/C=C/COOC2COC3C(OC(=O)/C=C/c4ccc(C=C)cc4)COC23)cc1. The third-order valence-corrected chi connectivity index (χ3v) is 5.65. The number of carbonyl (C=O) groups excluding carboxylic acids is 1. The average Bonchev–Trinajstić information content (AvgIpc) is 3.46. The van der Waals surface area contributed by atoms with Crippen molar-refractivity contribution in [1.82, 2.24) is 0 Å². The molecular formula is C28H28O6. The van der Waals surface area contributed by atoms with Gasteiger partial charge in [-0.1, -0.05) is 86.0 Å². The Morgan fingerprint density at radius 2 is 1.35 bits per heavy atom. The molecule has 0 amide bonds. The zero-order valence-electron chi connectivity index (χ0n) is 18.9. The van der Waals surface area contributed by atoms with E-state index >= 15 is 0 Å². The van der Waals surface area contributed by atoms with Crippen molar-refractivity contribution in [1.29, 1.82) is 0 Å². The van der Waals surface area contributed by atoms with Gasteiger partial charge in [0.1, 0.15) is 24.9 Å². The number of fused-ring (bicyclic) bond motifs is 1. The molecule has 4 rings (SSSR count). The molecule has 4 unspecified atom stereocenters. The third kappa shape index (κ3) is 6.18. The normalized spacial score (nSPS) is 23.9. The number of rotatable bonds is 10. The van der Waals surface area contributed by atoms with Crippen molar-refractivity contribution in [2.24, 2.45) is 0 Å². The van der Waals surface area contributed by atoms with E-state index < -0.39 is 12.1 Å². The molecule has 0 spiro atoms. The van der Waals surface area contributed by atoms with E-state index in [0.29, 0.717) is 6.61 Å². The highest BCUT2D eigenvalue weighted by atomic mass is 17.2. The van der Waals surface area contributed by atoms with Crippen molar-refractivity contribution < 1.29 is 28.8 Å². The van der Waals surface area contributed by atoms with E-state index in [1.807, 2.05) is 60.7 Å². The predicted octanol–water partition coefficient (Wildman–Crippen LogP) is 4.73. The molecule has 0 aromatic heterocycles. The molecule has 2 saturated heterocycles. The van der Waals surface area contributed by atoms with Crippen molar-refractivity contribution in [3.63, 3.8) is 0 Å². The Morgan fingerprint density at radius 1 is 0.824 bits per heavy atom. The van der Waals surface area contributed by atoms with Crippen molar-refractivity contribution >= 4 is 30.3 Å². The summed E-state index contributed by atoms with van der Waals surface area (Å²) in [6, 6.07) is 15.7. The van der Waals surface area contributed by atoms with Crippen LogP contribution in [0.3, 0.4) is 0 Å². The topological polar surface area (TPSA) is 63.2 Å². The van der Waals surface area contributed by atoms with Gasteiger partial charge in [0.25, 0.3) is 0 Å². The van der Waals surface area contributed by atoms with Gasteiger partial charge in [0.2, 0.25) is 0 Å². The van der Waals surface area contributed by atoms with E-state index in [4.69, 9.17) is 24.0 Å². The maximum Gasteiger partial charge on any atom is 0.331 e. The van der Waals surface area contributed by atoms with Gasteiger partial charge in [-0.25, -0.2) is 14.6 Å². The van der Waals surface area contributed by atoms with Gasteiger partial charge in [-0.3, -0.25) is 0 Å². The maximum atomic E-state index is 12.3. The molecule has 2 aliphatic rings. The van der Waals surface area contributed by atoms with Gasteiger partial charge in [0.15, 0.2) is 6.10 Å².